The van der Waals surface area contributed by atoms with Crippen molar-refractivity contribution in [3.8, 4) is 5.75 Å². The first-order chi connectivity index (χ1) is 12.5. The third-order valence-corrected chi connectivity index (χ3v) is 4.53. The second-order valence-electron chi connectivity index (χ2n) is 5.64. The fourth-order valence-electron chi connectivity index (χ4n) is 2.39. The van der Waals surface area contributed by atoms with Crippen LogP contribution in [0.1, 0.15) is 11.1 Å². The molecule has 3 rings (SSSR count). The summed E-state index contributed by atoms with van der Waals surface area (Å²) in [5.74, 6) is 0.410. The van der Waals surface area contributed by atoms with Crippen LogP contribution in [-0.2, 0) is 13.2 Å². The van der Waals surface area contributed by atoms with E-state index in [1.54, 1.807) is 36.4 Å². The third-order valence-electron chi connectivity index (χ3n) is 3.73. The Morgan fingerprint density at radius 1 is 0.846 bits per heavy atom. The molecule has 0 saturated heterocycles. The lowest BCUT2D eigenvalue weighted by Crippen LogP contribution is -2.04. The van der Waals surface area contributed by atoms with Crippen molar-refractivity contribution in [1.82, 2.24) is 0 Å². The Kier molecular flexibility index (Phi) is 6.25. The Hall–Kier alpha value is -1.94. The van der Waals surface area contributed by atoms with Gasteiger partial charge in [-0.2, -0.15) is 0 Å². The Balaban J connectivity index is 1.73. The molecule has 1 N–H and O–H groups in total. The largest absolute Gasteiger partial charge is 0.489 e. The van der Waals surface area contributed by atoms with Gasteiger partial charge in [0.05, 0.1) is 10.7 Å². The summed E-state index contributed by atoms with van der Waals surface area (Å²) in [5, 5.41) is 5.01. The zero-order valence-electron chi connectivity index (χ0n) is 13.6. The lowest BCUT2D eigenvalue weighted by Gasteiger charge is -2.14. The summed E-state index contributed by atoms with van der Waals surface area (Å²) >= 11 is 18.3. The van der Waals surface area contributed by atoms with Crippen LogP contribution in [0, 0.1) is 5.82 Å². The van der Waals surface area contributed by atoms with E-state index in [1.807, 2.05) is 12.1 Å². The van der Waals surface area contributed by atoms with Crippen LogP contribution in [0.15, 0.2) is 60.7 Å². The highest BCUT2D eigenvalue weighted by molar-refractivity contribution is 6.35. The van der Waals surface area contributed by atoms with E-state index >= 15 is 0 Å². The molecule has 0 heterocycles. The zero-order chi connectivity index (χ0) is 18.5. The van der Waals surface area contributed by atoms with Gasteiger partial charge in [0.1, 0.15) is 18.2 Å². The van der Waals surface area contributed by atoms with Gasteiger partial charge in [-0.05, 0) is 54.1 Å². The number of hydrogen-bond donors (Lipinski definition) is 1. The van der Waals surface area contributed by atoms with Crippen LogP contribution in [0.3, 0.4) is 0 Å². The molecule has 0 radical (unpaired) electrons. The zero-order valence-corrected chi connectivity index (χ0v) is 15.9. The summed E-state index contributed by atoms with van der Waals surface area (Å²) in [6.07, 6.45) is 0. The second kappa shape index (κ2) is 8.63. The van der Waals surface area contributed by atoms with Gasteiger partial charge < -0.3 is 10.1 Å². The molecule has 0 spiro atoms. The fraction of sp³-hybridized carbons (Fsp3) is 0.100. The molecule has 0 unspecified atom stereocenters. The Labute approximate surface area is 166 Å². The van der Waals surface area contributed by atoms with Gasteiger partial charge in [0, 0.05) is 22.2 Å². The van der Waals surface area contributed by atoms with E-state index in [2.05, 4.69) is 5.32 Å². The Morgan fingerprint density at radius 3 is 2.31 bits per heavy atom. The quantitative estimate of drug-likeness (QED) is 0.473. The maximum absolute atomic E-state index is 13.0. The predicted octanol–water partition coefficient (Wildman–Crippen LogP) is 6.98. The minimum absolute atomic E-state index is 0.275. The van der Waals surface area contributed by atoms with Crippen LogP contribution >= 0.6 is 34.8 Å². The van der Waals surface area contributed by atoms with E-state index in [4.69, 9.17) is 39.5 Å². The molecule has 0 fully saturated rings. The number of rotatable bonds is 6. The third kappa shape index (κ3) is 5.04. The first kappa shape index (κ1) is 18.8. The smallest absolute Gasteiger partial charge is 0.124 e. The van der Waals surface area contributed by atoms with E-state index in [-0.39, 0.29) is 5.82 Å². The number of ether oxygens (including phenoxy) is 1. The van der Waals surface area contributed by atoms with Crippen molar-refractivity contribution in [2.75, 3.05) is 5.32 Å². The van der Waals surface area contributed by atoms with E-state index in [1.165, 1.54) is 12.1 Å². The number of anilines is 1. The van der Waals surface area contributed by atoms with Crippen molar-refractivity contribution in [3.05, 3.63) is 92.7 Å². The summed E-state index contributed by atoms with van der Waals surface area (Å²) in [6.45, 7) is 0.784. The predicted molar refractivity (Wildman–Crippen MR) is 106 cm³/mol. The van der Waals surface area contributed by atoms with Crippen molar-refractivity contribution in [1.29, 1.82) is 0 Å². The normalized spacial score (nSPS) is 10.6. The molecule has 0 bridgehead atoms. The number of nitrogens with one attached hydrogen (secondary N) is 1. The van der Waals surface area contributed by atoms with Crippen molar-refractivity contribution in [2.24, 2.45) is 0 Å². The first-order valence-corrected chi connectivity index (χ1v) is 8.99. The summed E-state index contributed by atoms with van der Waals surface area (Å²) in [5.41, 5.74) is 2.47. The molecule has 3 aromatic rings. The minimum Gasteiger partial charge on any atom is -0.489 e. The van der Waals surface area contributed by atoms with Gasteiger partial charge in [0.2, 0.25) is 0 Å². The van der Waals surface area contributed by atoms with Gasteiger partial charge in [0.15, 0.2) is 0 Å². The van der Waals surface area contributed by atoms with Gasteiger partial charge in [-0.15, -0.1) is 0 Å². The van der Waals surface area contributed by atoms with Crippen molar-refractivity contribution >= 4 is 40.5 Å². The molecule has 0 atom stereocenters. The van der Waals surface area contributed by atoms with Gasteiger partial charge in [-0.25, -0.2) is 4.39 Å². The highest BCUT2D eigenvalue weighted by Gasteiger charge is 2.08. The van der Waals surface area contributed by atoms with Crippen LogP contribution in [0.4, 0.5) is 10.1 Å². The SMILES string of the molecule is Fc1ccc(COc2ccc(Cl)cc2CNc2cc(Cl)ccc2Cl)cc1. The average Bonchev–Trinajstić information content (AvgIpc) is 2.63. The van der Waals surface area contributed by atoms with E-state index in [0.29, 0.717) is 34.0 Å². The molecule has 0 aliphatic rings. The standard InChI is InChI=1S/C20H15Cl3FNO/c21-15-4-8-20(26-12-13-1-5-17(24)6-2-13)14(9-15)11-25-19-10-16(22)3-7-18(19)23/h1-10,25H,11-12H2. The van der Waals surface area contributed by atoms with Crippen molar-refractivity contribution < 1.29 is 9.13 Å². The van der Waals surface area contributed by atoms with E-state index < -0.39 is 0 Å². The number of benzene rings is 3. The molecule has 0 aliphatic carbocycles. The summed E-state index contributed by atoms with van der Waals surface area (Å²) in [7, 11) is 0. The molecular formula is C20H15Cl3FNO. The Morgan fingerprint density at radius 2 is 1.54 bits per heavy atom. The maximum atomic E-state index is 13.0. The molecule has 2 nitrogen and oxygen atoms in total. The van der Waals surface area contributed by atoms with Gasteiger partial charge in [-0.3, -0.25) is 0 Å². The monoisotopic (exact) mass is 409 g/mol. The van der Waals surface area contributed by atoms with Gasteiger partial charge >= 0.3 is 0 Å². The number of halogens is 4. The molecule has 0 amide bonds. The topological polar surface area (TPSA) is 21.3 Å². The molecule has 26 heavy (non-hydrogen) atoms. The molecule has 6 heteroatoms. The van der Waals surface area contributed by atoms with Crippen LogP contribution in [0.25, 0.3) is 0 Å². The highest BCUT2D eigenvalue weighted by Crippen LogP contribution is 2.28. The van der Waals surface area contributed by atoms with Crippen molar-refractivity contribution in [3.63, 3.8) is 0 Å². The van der Waals surface area contributed by atoms with Crippen LogP contribution < -0.4 is 10.1 Å². The summed E-state index contributed by atoms with van der Waals surface area (Å²) < 4.78 is 18.9. The van der Waals surface area contributed by atoms with Gasteiger partial charge in [0.25, 0.3) is 0 Å². The van der Waals surface area contributed by atoms with Crippen LogP contribution in [0.2, 0.25) is 15.1 Å². The van der Waals surface area contributed by atoms with Gasteiger partial charge in [-0.1, -0.05) is 46.9 Å². The van der Waals surface area contributed by atoms with Crippen LogP contribution in [-0.4, -0.2) is 0 Å². The molecule has 0 aromatic heterocycles. The van der Waals surface area contributed by atoms with E-state index in [9.17, 15) is 4.39 Å². The van der Waals surface area contributed by atoms with Crippen molar-refractivity contribution in [2.45, 2.75) is 13.2 Å². The Bertz CT molecular complexity index is 900. The molecular weight excluding hydrogens is 396 g/mol. The average molecular weight is 411 g/mol. The molecule has 0 saturated carbocycles. The van der Waals surface area contributed by atoms with E-state index in [0.717, 1.165) is 16.8 Å². The molecule has 0 aliphatic heterocycles. The maximum Gasteiger partial charge on any atom is 0.124 e. The lowest BCUT2D eigenvalue weighted by molar-refractivity contribution is 0.303. The fourth-order valence-corrected chi connectivity index (χ4v) is 2.94. The molecule has 134 valence electrons. The summed E-state index contributed by atoms with van der Waals surface area (Å²) in [4.78, 5) is 0. The first-order valence-electron chi connectivity index (χ1n) is 7.86. The minimum atomic E-state index is -0.275. The lowest BCUT2D eigenvalue weighted by atomic mass is 10.2. The summed E-state index contributed by atoms with van der Waals surface area (Å²) in [6, 6.07) is 16.8. The number of hydrogen-bond acceptors (Lipinski definition) is 2. The molecule has 3 aromatic carbocycles. The second-order valence-corrected chi connectivity index (χ2v) is 6.92. The van der Waals surface area contributed by atoms with Crippen LogP contribution in [0.5, 0.6) is 5.75 Å². The highest BCUT2D eigenvalue weighted by atomic mass is 35.5.